The Morgan fingerprint density at radius 3 is 2.95 bits per heavy atom. The molecule has 1 N–H and O–H groups in total. The number of aromatic nitrogens is 1. The molecule has 1 amide bonds. The zero-order valence-corrected chi connectivity index (χ0v) is 11.0. The molecule has 0 aliphatic carbocycles. The van der Waals surface area contributed by atoms with Gasteiger partial charge in [-0.3, -0.25) is 9.78 Å². The van der Waals surface area contributed by atoms with Crippen molar-refractivity contribution in [3.63, 3.8) is 0 Å². The number of anilines is 1. The highest BCUT2D eigenvalue weighted by Crippen LogP contribution is 2.16. The van der Waals surface area contributed by atoms with Gasteiger partial charge in [0.25, 0.3) is 0 Å². The molecule has 0 spiro atoms. The molecule has 0 aliphatic rings. The first-order valence-electron chi connectivity index (χ1n) is 5.98. The molecule has 0 radical (unpaired) electrons. The number of rotatable bonds is 3. The zero-order valence-electron chi connectivity index (χ0n) is 10.2. The number of hydrogen-bond donors (Lipinski definition) is 1. The third-order valence-corrected chi connectivity index (χ3v) is 3.67. The fraction of sp³-hybridized carbons (Fsp3) is 0.0667. The van der Waals surface area contributed by atoms with Crippen molar-refractivity contribution in [3.05, 3.63) is 58.9 Å². The predicted molar refractivity (Wildman–Crippen MR) is 78.4 cm³/mol. The maximum absolute atomic E-state index is 11.9. The molecule has 4 heteroatoms. The highest BCUT2D eigenvalue weighted by Gasteiger charge is 2.05. The first-order chi connectivity index (χ1) is 9.31. The number of hydrogen-bond acceptors (Lipinski definition) is 3. The first kappa shape index (κ1) is 11.9. The number of nitrogens with zero attached hydrogens (tertiary/aromatic N) is 1. The van der Waals surface area contributed by atoms with Gasteiger partial charge in [-0.15, -0.1) is 11.3 Å². The summed E-state index contributed by atoms with van der Waals surface area (Å²) in [5, 5.41) is 5.87. The van der Waals surface area contributed by atoms with Gasteiger partial charge in [0, 0.05) is 10.3 Å². The number of carbonyl (C=O) groups excluding carboxylic acids is 1. The molecule has 0 saturated carbocycles. The Morgan fingerprint density at radius 1 is 1.21 bits per heavy atom. The van der Waals surface area contributed by atoms with Crippen LogP contribution in [0.4, 0.5) is 5.69 Å². The molecule has 3 aromatic rings. The molecule has 19 heavy (non-hydrogen) atoms. The number of fused-ring (bicyclic) bond motifs is 1. The van der Waals surface area contributed by atoms with Crippen molar-refractivity contribution in [3.8, 4) is 0 Å². The van der Waals surface area contributed by atoms with Gasteiger partial charge in [-0.05, 0) is 23.6 Å². The van der Waals surface area contributed by atoms with E-state index in [0.717, 1.165) is 21.5 Å². The van der Waals surface area contributed by atoms with Gasteiger partial charge in [-0.2, -0.15) is 0 Å². The van der Waals surface area contributed by atoms with Crippen LogP contribution in [0, 0.1) is 0 Å². The fourth-order valence-corrected chi connectivity index (χ4v) is 2.62. The van der Waals surface area contributed by atoms with Crippen LogP contribution in [-0.2, 0) is 11.2 Å². The van der Waals surface area contributed by atoms with Crippen molar-refractivity contribution >= 4 is 33.8 Å². The van der Waals surface area contributed by atoms with E-state index >= 15 is 0 Å². The summed E-state index contributed by atoms with van der Waals surface area (Å²) in [5.74, 6) is -0.0143. The SMILES string of the molecule is O=C(Cc1cccs1)Nc1cnc2ccccc2c1. The van der Waals surface area contributed by atoms with E-state index in [2.05, 4.69) is 10.3 Å². The maximum Gasteiger partial charge on any atom is 0.229 e. The van der Waals surface area contributed by atoms with Gasteiger partial charge in [0.2, 0.25) is 5.91 Å². The topological polar surface area (TPSA) is 42.0 Å². The third-order valence-electron chi connectivity index (χ3n) is 2.79. The van der Waals surface area contributed by atoms with E-state index in [0.29, 0.717) is 6.42 Å². The Balaban J connectivity index is 1.75. The minimum Gasteiger partial charge on any atom is -0.324 e. The van der Waals surface area contributed by atoms with E-state index < -0.39 is 0 Å². The lowest BCUT2D eigenvalue weighted by Gasteiger charge is -2.05. The van der Waals surface area contributed by atoms with Crippen molar-refractivity contribution in [2.24, 2.45) is 0 Å². The minimum absolute atomic E-state index is 0.0143. The first-order valence-corrected chi connectivity index (χ1v) is 6.86. The molecule has 0 saturated heterocycles. The van der Waals surface area contributed by atoms with Crippen LogP contribution in [0.3, 0.4) is 0 Å². The van der Waals surface area contributed by atoms with E-state index in [1.807, 2.05) is 47.8 Å². The van der Waals surface area contributed by atoms with E-state index in [1.165, 1.54) is 0 Å². The van der Waals surface area contributed by atoms with Crippen LogP contribution in [0.1, 0.15) is 4.88 Å². The van der Waals surface area contributed by atoms with Crippen molar-refractivity contribution < 1.29 is 4.79 Å². The van der Waals surface area contributed by atoms with Gasteiger partial charge in [-0.1, -0.05) is 24.3 Å². The molecular weight excluding hydrogens is 256 g/mol. The van der Waals surface area contributed by atoms with Gasteiger partial charge in [0.15, 0.2) is 0 Å². The van der Waals surface area contributed by atoms with Gasteiger partial charge < -0.3 is 5.32 Å². The van der Waals surface area contributed by atoms with Crippen LogP contribution >= 0.6 is 11.3 Å². The Bertz CT molecular complexity index is 707. The Kier molecular flexibility index (Phi) is 3.25. The van der Waals surface area contributed by atoms with Crippen LogP contribution in [0.2, 0.25) is 0 Å². The van der Waals surface area contributed by atoms with Crippen molar-refractivity contribution in [2.45, 2.75) is 6.42 Å². The van der Waals surface area contributed by atoms with Gasteiger partial charge in [0.1, 0.15) is 0 Å². The Hall–Kier alpha value is -2.20. The standard InChI is InChI=1S/C15H12N2OS/c18-15(9-13-5-3-7-19-13)17-12-8-11-4-1-2-6-14(11)16-10-12/h1-8,10H,9H2,(H,17,18). The van der Waals surface area contributed by atoms with Crippen LogP contribution in [0.5, 0.6) is 0 Å². The fourth-order valence-electron chi connectivity index (χ4n) is 1.92. The molecule has 94 valence electrons. The summed E-state index contributed by atoms with van der Waals surface area (Å²) >= 11 is 1.59. The highest BCUT2D eigenvalue weighted by molar-refractivity contribution is 7.10. The molecule has 2 heterocycles. The van der Waals surface area contributed by atoms with Crippen molar-refractivity contribution in [1.82, 2.24) is 4.98 Å². The smallest absolute Gasteiger partial charge is 0.229 e. The lowest BCUT2D eigenvalue weighted by Crippen LogP contribution is -2.13. The number of benzene rings is 1. The van der Waals surface area contributed by atoms with E-state index in [-0.39, 0.29) is 5.91 Å². The van der Waals surface area contributed by atoms with Crippen LogP contribution in [-0.4, -0.2) is 10.9 Å². The lowest BCUT2D eigenvalue weighted by molar-refractivity contribution is -0.115. The second-order valence-electron chi connectivity index (χ2n) is 4.22. The summed E-state index contributed by atoms with van der Waals surface area (Å²) in [5.41, 5.74) is 1.67. The molecule has 0 atom stereocenters. The molecule has 0 unspecified atom stereocenters. The largest absolute Gasteiger partial charge is 0.324 e. The van der Waals surface area contributed by atoms with Crippen molar-refractivity contribution in [2.75, 3.05) is 5.32 Å². The van der Waals surface area contributed by atoms with Crippen LogP contribution < -0.4 is 5.32 Å². The van der Waals surface area contributed by atoms with Crippen LogP contribution in [0.25, 0.3) is 10.9 Å². The van der Waals surface area contributed by atoms with E-state index in [4.69, 9.17) is 0 Å². The quantitative estimate of drug-likeness (QED) is 0.790. The normalized spacial score (nSPS) is 10.5. The number of pyridine rings is 1. The van der Waals surface area contributed by atoms with Gasteiger partial charge in [-0.25, -0.2) is 0 Å². The summed E-state index contributed by atoms with van der Waals surface area (Å²) in [6.45, 7) is 0. The Morgan fingerprint density at radius 2 is 2.11 bits per heavy atom. The molecule has 3 nitrogen and oxygen atoms in total. The third kappa shape index (κ3) is 2.80. The number of thiophene rings is 1. The van der Waals surface area contributed by atoms with E-state index in [1.54, 1.807) is 17.5 Å². The summed E-state index contributed by atoms with van der Waals surface area (Å²) in [6.07, 6.45) is 2.10. The van der Waals surface area contributed by atoms with Crippen LogP contribution in [0.15, 0.2) is 54.0 Å². The summed E-state index contributed by atoms with van der Waals surface area (Å²) < 4.78 is 0. The minimum atomic E-state index is -0.0143. The molecule has 0 bridgehead atoms. The second kappa shape index (κ2) is 5.20. The van der Waals surface area contributed by atoms with E-state index in [9.17, 15) is 4.79 Å². The molecule has 1 aromatic carbocycles. The monoisotopic (exact) mass is 268 g/mol. The summed E-state index contributed by atoms with van der Waals surface area (Å²) in [6, 6.07) is 13.7. The number of carbonyl (C=O) groups is 1. The maximum atomic E-state index is 11.9. The van der Waals surface area contributed by atoms with Gasteiger partial charge >= 0.3 is 0 Å². The number of amides is 1. The zero-order chi connectivity index (χ0) is 13.1. The summed E-state index contributed by atoms with van der Waals surface area (Å²) in [7, 11) is 0. The molecule has 2 aromatic heterocycles. The Labute approximate surface area is 114 Å². The summed E-state index contributed by atoms with van der Waals surface area (Å²) in [4.78, 5) is 17.3. The molecule has 3 rings (SSSR count). The molecule has 0 fully saturated rings. The average molecular weight is 268 g/mol. The highest BCUT2D eigenvalue weighted by atomic mass is 32.1. The molecule has 0 aliphatic heterocycles. The number of nitrogens with one attached hydrogen (secondary N) is 1. The van der Waals surface area contributed by atoms with Crippen molar-refractivity contribution in [1.29, 1.82) is 0 Å². The average Bonchev–Trinajstić information content (AvgIpc) is 2.91. The lowest BCUT2D eigenvalue weighted by atomic mass is 10.2. The second-order valence-corrected chi connectivity index (χ2v) is 5.25. The molecular formula is C15H12N2OS. The predicted octanol–water partition coefficient (Wildman–Crippen LogP) is 3.48. The number of para-hydroxylation sites is 1. The van der Waals surface area contributed by atoms with Gasteiger partial charge in [0.05, 0.1) is 23.8 Å².